The second-order valence-electron chi connectivity index (χ2n) is 5.72. The number of aromatic nitrogens is 2. The number of aromatic amines is 1. The molecule has 2 heterocycles. The van der Waals surface area contributed by atoms with Gasteiger partial charge >= 0.3 is 0 Å². The van der Waals surface area contributed by atoms with Crippen molar-refractivity contribution in [2.24, 2.45) is 0 Å². The Morgan fingerprint density at radius 1 is 0.826 bits per heavy atom. The monoisotopic (exact) mass is 322 g/mol. The number of rotatable bonds is 2. The molecular weight excluding hydrogens is 304 g/mol. The van der Waals surface area contributed by atoms with Gasteiger partial charge < -0.3 is 14.8 Å². The van der Waals surface area contributed by atoms with E-state index in [0.29, 0.717) is 4.77 Å². The Morgan fingerprint density at radius 3 is 2.26 bits per heavy atom. The summed E-state index contributed by atoms with van der Waals surface area (Å²) in [6.45, 7) is 3.88. The van der Waals surface area contributed by atoms with Crippen molar-refractivity contribution in [2.45, 2.75) is 0 Å². The van der Waals surface area contributed by atoms with Crippen LogP contribution >= 0.6 is 12.2 Å². The second kappa shape index (κ2) is 6.01. The molecule has 1 aliphatic rings. The molecule has 1 saturated heterocycles. The maximum Gasteiger partial charge on any atom is 0.199 e. The maximum atomic E-state index is 5.29. The van der Waals surface area contributed by atoms with Crippen molar-refractivity contribution < 1.29 is 0 Å². The third kappa shape index (κ3) is 2.80. The van der Waals surface area contributed by atoms with E-state index in [9.17, 15) is 0 Å². The van der Waals surface area contributed by atoms with Crippen molar-refractivity contribution in [2.75, 3.05) is 36.0 Å². The van der Waals surface area contributed by atoms with Crippen LogP contribution in [0.2, 0.25) is 0 Å². The van der Waals surface area contributed by atoms with Gasteiger partial charge in [-0.3, -0.25) is 0 Å². The summed E-state index contributed by atoms with van der Waals surface area (Å²) in [5, 5.41) is 1.13. The van der Waals surface area contributed by atoms with E-state index in [4.69, 9.17) is 12.2 Å². The van der Waals surface area contributed by atoms with E-state index >= 15 is 0 Å². The van der Waals surface area contributed by atoms with Crippen LogP contribution in [-0.2, 0) is 0 Å². The summed E-state index contributed by atoms with van der Waals surface area (Å²) in [5.74, 6) is 0.997. The van der Waals surface area contributed by atoms with Crippen LogP contribution in [-0.4, -0.2) is 36.1 Å². The standard InChI is InChI=1S/C18H18N4S/c23-18-19-16-9-5-4-8-15(16)17(20-18)22-12-10-21(11-13-22)14-6-2-1-3-7-14/h1-9H,10-13H2,(H,19,20,23). The molecule has 1 N–H and O–H groups in total. The predicted molar refractivity (Wildman–Crippen MR) is 97.8 cm³/mol. The van der Waals surface area contributed by atoms with Crippen molar-refractivity contribution in [3.05, 3.63) is 59.4 Å². The molecule has 116 valence electrons. The number of H-pyrrole nitrogens is 1. The van der Waals surface area contributed by atoms with Gasteiger partial charge in [0, 0.05) is 37.3 Å². The number of benzene rings is 2. The lowest BCUT2D eigenvalue weighted by molar-refractivity contribution is 0.648. The Balaban J connectivity index is 1.61. The average Bonchev–Trinajstić information content (AvgIpc) is 2.62. The number of fused-ring (bicyclic) bond motifs is 1. The van der Waals surface area contributed by atoms with Crippen LogP contribution in [0.15, 0.2) is 54.6 Å². The van der Waals surface area contributed by atoms with E-state index < -0.39 is 0 Å². The highest BCUT2D eigenvalue weighted by molar-refractivity contribution is 7.71. The van der Waals surface area contributed by atoms with Crippen LogP contribution in [0, 0.1) is 4.77 Å². The third-order valence-corrected chi connectivity index (χ3v) is 4.51. The van der Waals surface area contributed by atoms with E-state index in [2.05, 4.69) is 62.2 Å². The molecular formula is C18H18N4S. The minimum Gasteiger partial charge on any atom is -0.368 e. The maximum absolute atomic E-state index is 5.29. The number of para-hydroxylation sites is 2. The molecule has 1 aromatic heterocycles. The number of anilines is 2. The summed E-state index contributed by atoms with van der Waals surface area (Å²) in [6.07, 6.45) is 0. The Hall–Kier alpha value is -2.40. The quantitative estimate of drug-likeness (QED) is 0.731. The molecule has 4 nitrogen and oxygen atoms in total. The summed E-state index contributed by atoms with van der Waals surface area (Å²) in [7, 11) is 0. The van der Waals surface area contributed by atoms with Gasteiger partial charge in [-0.05, 0) is 36.5 Å². The molecule has 0 unspecified atom stereocenters. The van der Waals surface area contributed by atoms with E-state index in [1.165, 1.54) is 5.69 Å². The van der Waals surface area contributed by atoms with Gasteiger partial charge in [0.15, 0.2) is 4.77 Å². The van der Waals surface area contributed by atoms with Crippen LogP contribution in [0.25, 0.3) is 10.9 Å². The lowest BCUT2D eigenvalue weighted by atomic mass is 10.2. The average molecular weight is 322 g/mol. The minimum atomic E-state index is 0.546. The van der Waals surface area contributed by atoms with Gasteiger partial charge in [-0.1, -0.05) is 30.3 Å². The summed E-state index contributed by atoms with van der Waals surface area (Å²) >= 11 is 5.29. The van der Waals surface area contributed by atoms with E-state index in [1.807, 2.05) is 12.1 Å². The fourth-order valence-corrected chi connectivity index (χ4v) is 3.34. The lowest BCUT2D eigenvalue weighted by Crippen LogP contribution is -2.46. The van der Waals surface area contributed by atoms with Gasteiger partial charge in [0.05, 0.1) is 5.52 Å². The molecule has 0 amide bonds. The summed E-state index contributed by atoms with van der Waals surface area (Å²) in [5.41, 5.74) is 2.34. The molecule has 3 aromatic rings. The summed E-state index contributed by atoms with van der Waals surface area (Å²) in [4.78, 5) is 12.5. The van der Waals surface area contributed by atoms with Crippen LogP contribution in [0.3, 0.4) is 0 Å². The van der Waals surface area contributed by atoms with E-state index in [-0.39, 0.29) is 0 Å². The molecule has 0 atom stereocenters. The highest BCUT2D eigenvalue weighted by atomic mass is 32.1. The fourth-order valence-electron chi connectivity index (χ4n) is 3.14. The molecule has 0 saturated carbocycles. The van der Waals surface area contributed by atoms with Crippen molar-refractivity contribution >= 4 is 34.6 Å². The van der Waals surface area contributed by atoms with E-state index in [1.54, 1.807) is 0 Å². The predicted octanol–water partition coefficient (Wildman–Crippen LogP) is 3.62. The molecule has 0 spiro atoms. The highest BCUT2D eigenvalue weighted by Crippen LogP contribution is 2.25. The molecule has 5 heteroatoms. The lowest BCUT2D eigenvalue weighted by Gasteiger charge is -2.37. The normalized spacial score (nSPS) is 15.1. The molecule has 1 aliphatic heterocycles. The summed E-state index contributed by atoms with van der Waals surface area (Å²) < 4.78 is 0.546. The number of nitrogens with zero attached hydrogens (tertiary/aromatic N) is 3. The first-order valence-electron chi connectivity index (χ1n) is 7.85. The number of hydrogen-bond donors (Lipinski definition) is 1. The Morgan fingerprint density at radius 2 is 1.48 bits per heavy atom. The fraction of sp³-hybridized carbons (Fsp3) is 0.222. The zero-order chi connectivity index (χ0) is 15.6. The minimum absolute atomic E-state index is 0.546. The SMILES string of the molecule is S=c1nc(N2CCN(c3ccccc3)CC2)c2ccccc2[nH]1. The largest absolute Gasteiger partial charge is 0.368 e. The zero-order valence-corrected chi connectivity index (χ0v) is 13.6. The first kappa shape index (κ1) is 14.2. The Bertz CT molecular complexity index is 867. The molecule has 0 aliphatic carbocycles. The van der Waals surface area contributed by atoms with Gasteiger partial charge in [-0.25, -0.2) is 4.98 Å². The number of nitrogens with one attached hydrogen (secondary N) is 1. The second-order valence-corrected chi connectivity index (χ2v) is 6.11. The topological polar surface area (TPSA) is 35.2 Å². The van der Waals surface area contributed by atoms with Gasteiger partial charge in [0.2, 0.25) is 0 Å². The third-order valence-electron chi connectivity index (χ3n) is 4.32. The van der Waals surface area contributed by atoms with Crippen molar-refractivity contribution in [1.82, 2.24) is 9.97 Å². The Labute approximate surface area is 140 Å². The van der Waals surface area contributed by atoms with Gasteiger partial charge in [0.25, 0.3) is 0 Å². The van der Waals surface area contributed by atoms with Gasteiger partial charge in [0.1, 0.15) is 5.82 Å². The van der Waals surface area contributed by atoms with E-state index in [0.717, 1.165) is 42.9 Å². The van der Waals surface area contributed by atoms with Crippen LogP contribution in [0.5, 0.6) is 0 Å². The smallest absolute Gasteiger partial charge is 0.199 e. The number of piperazine rings is 1. The number of hydrogen-bond acceptors (Lipinski definition) is 4. The zero-order valence-electron chi connectivity index (χ0n) is 12.8. The molecule has 2 aromatic carbocycles. The van der Waals surface area contributed by atoms with Crippen molar-refractivity contribution in [1.29, 1.82) is 0 Å². The van der Waals surface area contributed by atoms with Gasteiger partial charge in [-0.15, -0.1) is 0 Å². The van der Waals surface area contributed by atoms with Crippen LogP contribution < -0.4 is 9.80 Å². The van der Waals surface area contributed by atoms with Crippen molar-refractivity contribution in [3.63, 3.8) is 0 Å². The van der Waals surface area contributed by atoms with Crippen LogP contribution in [0.4, 0.5) is 11.5 Å². The Kier molecular flexibility index (Phi) is 3.71. The van der Waals surface area contributed by atoms with Gasteiger partial charge in [-0.2, -0.15) is 0 Å². The first-order valence-corrected chi connectivity index (χ1v) is 8.26. The first-order chi connectivity index (χ1) is 11.3. The molecule has 23 heavy (non-hydrogen) atoms. The highest BCUT2D eigenvalue weighted by Gasteiger charge is 2.20. The van der Waals surface area contributed by atoms with Crippen LogP contribution in [0.1, 0.15) is 0 Å². The molecule has 0 radical (unpaired) electrons. The van der Waals surface area contributed by atoms with Crippen molar-refractivity contribution in [3.8, 4) is 0 Å². The summed E-state index contributed by atoms with van der Waals surface area (Å²) in [6, 6.07) is 18.8. The molecule has 4 rings (SSSR count). The molecule has 0 bridgehead atoms. The molecule has 1 fully saturated rings.